The quantitative estimate of drug-likeness (QED) is 0.584. The molecule has 2 rings (SSSR count). The Labute approximate surface area is 138 Å². The first-order valence-corrected chi connectivity index (χ1v) is 9.57. The van der Waals surface area contributed by atoms with Crippen molar-refractivity contribution in [3.05, 3.63) is 44.4 Å². The van der Waals surface area contributed by atoms with E-state index in [0.29, 0.717) is 6.54 Å². The lowest BCUT2D eigenvalue weighted by Gasteiger charge is -2.18. The van der Waals surface area contributed by atoms with Crippen LogP contribution in [0, 0.1) is 10.1 Å². The van der Waals surface area contributed by atoms with E-state index in [-0.39, 0.29) is 10.6 Å². The van der Waals surface area contributed by atoms with Crippen LogP contribution in [0.2, 0.25) is 0 Å². The van der Waals surface area contributed by atoms with Gasteiger partial charge in [-0.2, -0.15) is 0 Å². The number of para-hydroxylation sites is 1. The number of hydrogen-bond acceptors (Lipinski definition) is 7. The summed E-state index contributed by atoms with van der Waals surface area (Å²) in [6.45, 7) is 2.40. The molecule has 9 heteroatoms. The summed E-state index contributed by atoms with van der Waals surface area (Å²) in [6, 6.07) is 4.30. The molecule has 0 spiro atoms. The van der Waals surface area contributed by atoms with Gasteiger partial charge in [0.2, 0.25) is 0 Å². The van der Waals surface area contributed by atoms with Crippen LogP contribution in [-0.2, 0) is 22.8 Å². The molecule has 2 aromatic rings. The first kappa shape index (κ1) is 17.4. The Kier molecular flexibility index (Phi) is 5.00. The fourth-order valence-electron chi connectivity index (χ4n) is 2.17. The van der Waals surface area contributed by atoms with Crippen LogP contribution in [0.3, 0.4) is 0 Å². The Morgan fingerprint density at radius 3 is 2.61 bits per heavy atom. The summed E-state index contributed by atoms with van der Waals surface area (Å²) < 4.78 is 23.6. The molecule has 0 aliphatic rings. The Balaban J connectivity index is 2.43. The zero-order valence-electron chi connectivity index (χ0n) is 13.0. The number of nitro groups is 1. The highest BCUT2D eigenvalue weighted by molar-refractivity contribution is 7.90. The number of benzene rings is 1. The molecule has 0 N–H and O–H groups in total. The van der Waals surface area contributed by atoms with Gasteiger partial charge in [-0.15, -0.1) is 11.3 Å². The lowest BCUT2D eigenvalue weighted by atomic mass is 10.2. The average molecular weight is 355 g/mol. The minimum atomic E-state index is -3.69. The highest BCUT2D eigenvalue weighted by atomic mass is 32.2. The lowest BCUT2D eigenvalue weighted by molar-refractivity contribution is -0.387. The minimum absolute atomic E-state index is 0.256. The van der Waals surface area contributed by atoms with E-state index in [0.717, 1.165) is 22.6 Å². The van der Waals surface area contributed by atoms with E-state index in [4.69, 9.17) is 0 Å². The maximum atomic E-state index is 11.8. The predicted octanol–water partition coefficient (Wildman–Crippen LogP) is 2.65. The smallest absolute Gasteiger partial charge is 0.311 e. The van der Waals surface area contributed by atoms with Gasteiger partial charge in [0.25, 0.3) is 0 Å². The zero-order valence-corrected chi connectivity index (χ0v) is 14.6. The molecule has 0 aliphatic heterocycles. The summed E-state index contributed by atoms with van der Waals surface area (Å²) in [5.74, 6) is 0. The van der Waals surface area contributed by atoms with Gasteiger partial charge in [-0.25, -0.2) is 13.4 Å². The second-order valence-electron chi connectivity index (χ2n) is 5.08. The van der Waals surface area contributed by atoms with Gasteiger partial charge in [-0.05, 0) is 18.6 Å². The molecule has 0 saturated heterocycles. The molecule has 0 bridgehead atoms. The minimum Gasteiger partial charge on any atom is -0.362 e. The van der Waals surface area contributed by atoms with E-state index < -0.39 is 20.4 Å². The first-order valence-electron chi connectivity index (χ1n) is 6.86. The Morgan fingerprint density at radius 2 is 2.09 bits per heavy atom. The summed E-state index contributed by atoms with van der Waals surface area (Å²) >= 11 is 1.54. The van der Waals surface area contributed by atoms with E-state index in [9.17, 15) is 18.5 Å². The first-order chi connectivity index (χ1) is 10.7. The molecule has 0 atom stereocenters. The molecule has 0 saturated carbocycles. The van der Waals surface area contributed by atoms with Crippen molar-refractivity contribution in [2.75, 3.05) is 18.2 Å². The fraction of sp³-hybridized carbons (Fsp3) is 0.357. The van der Waals surface area contributed by atoms with Crippen LogP contribution in [0.5, 0.6) is 0 Å². The maximum absolute atomic E-state index is 11.8. The van der Waals surface area contributed by atoms with Crippen LogP contribution in [-0.4, -0.2) is 31.6 Å². The number of aromatic nitrogens is 1. The van der Waals surface area contributed by atoms with E-state index in [1.54, 1.807) is 24.2 Å². The van der Waals surface area contributed by atoms with Crippen molar-refractivity contribution in [1.29, 1.82) is 0 Å². The highest BCUT2D eigenvalue weighted by Crippen LogP contribution is 2.34. The van der Waals surface area contributed by atoms with E-state index in [1.165, 1.54) is 23.5 Å². The standard InChI is InChI=1S/C14H17N3O4S2/c1-4-10-8-15-13(22-10)9-16(2)11-6-5-7-12(23(3,20)21)14(11)17(18)19/h5-8H,4,9H2,1-3H3. The molecule has 124 valence electrons. The van der Waals surface area contributed by atoms with Crippen molar-refractivity contribution >= 4 is 32.5 Å². The zero-order chi connectivity index (χ0) is 17.2. The molecule has 1 aromatic heterocycles. The summed E-state index contributed by atoms with van der Waals surface area (Å²) in [7, 11) is -2.01. The van der Waals surface area contributed by atoms with E-state index >= 15 is 0 Å². The lowest BCUT2D eigenvalue weighted by Crippen LogP contribution is -2.18. The summed E-state index contributed by atoms with van der Waals surface area (Å²) in [5, 5.41) is 12.2. The predicted molar refractivity (Wildman–Crippen MR) is 89.8 cm³/mol. The van der Waals surface area contributed by atoms with Crippen LogP contribution >= 0.6 is 11.3 Å². The maximum Gasteiger partial charge on any atom is 0.311 e. The SMILES string of the molecule is CCc1cnc(CN(C)c2cccc(S(C)(=O)=O)c2[N+](=O)[O-])s1. The molecular formula is C14H17N3O4S2. The molecular weight excluding hydrogens is 338 g/mol. The number of rotatable bonds is 6. The molecule has 0 aliphatic carbocycles. The number of aryl methyl sites for hydroxylation is 1. The summed E-state index contributed by atoms with van der Waals surface area (Å²) in [6.07, 6.45) is 3.63. The van der Waals surface area contributed by atoms with Crippen molar-refractivity contribution in [3.8, 4) is 0 Å². The van der Waals surface area contributed by atoms with Gasteiger partial charge in [0, 0.05) is 24.4 Å². The summed E-state index contributed by atoms with van der Waals surface area (Å²) in [4.78, 5) is 17.5. The Bertz CT molecular complexity index is 830. The average Bonchev–Trinajstić information content (AvgIpc) is 2.93. The topological polar surface area (TPSA) is 93.4 Å². The second-order valence-corrected chi connectivity index (χ2v) is 8.27. The van der Waals surface area contributed by atoms with Gasteiger partial charge in [0.1, 0.15) is 15.6 Å². The number of nitrogens with zero attached hydrogens (tertiary/aromatic N) is 3. The van der Waals surface area contributed by atoms with Gasteiger partial charge in [-0.3, -0.25) is 10.1 Å². The second kappa shape index (κ2) is 6.63. The van der Waals surface area contributed by atoms with Crippen LogP contribution in [0.25, 0.3) is 0 Å². The van der Waals surface area contributed by atoms with Crippen LogP contribution in [0.1, 0.15) is 16.8 Å². The van der Waals surface area contributed by atoms with Gasteiger partial charge in [-0.1, -0.05) is 13.0 Å². The van der Waals surface area contributed by atoms with E-state index in [2.05, 4.69) is 4.98 Å². The van der Waals surface area contributed by atoms with Crippen molar-refractivity contribution in [1.82, 2.24) is 4.98 Å². The molecule has 0 amide bonds. The van der Waals surface area contributed by atoms with Crippen molar-refractivity contribution in [2.45, 2.75) is 24.8 Å². The van der Waals surface area contributed by atoms with Gasteiger partial charge >= 0.3 is 5.69 Å². The third-order valence-corrected chi connectivity index (χ3v) is 5.55. The van der Waals surface area contributed by atoms with Gasteiger partial charge in [0.05, 0.1) is 11.5 Å². The van der Waals surface area contributed by atoms with Crippen molar-refractivity contribution in [2.24, 2.45) is 0 Å². The van der Waals surface area contributed by atoms with Gasteiger partial charge in [0.15, 0.2) is 9.84 Å². The Hall–Kier alpha value is -2.00. The Morgan fingerprint density at radius 1 is 1.39 bits per heavy atom. The molecule has 0 unspecified atom stereocenters. The monoisotopic (exact) mass is 355 g/mol. The number of nitro benzene ring substituents is 1. The molecule has 0 fully saturated rings. The molecule has 1 aromatic carbocycles. The fourth-order valence-corrected chi connectivity index (χ4v) is 3.95. The van der Waals surface area contributed by atoms with Gasteiger partial charge < -0.3 is 4.90 Å². The molecule has 0 radical (unpaired) electrons. The van der Waals surface area contributed by atoms with Crippen molar-refractivity contribution in [3.63, 3.8) is 0 Å². The number of hydrogen-bond donors (Lipinski definition) is 0. The van der Waals surface area contributed by atoms with Crippen LogP contribution < -0.4 is 4.90 Å². The molecule has 7 nitrogen and oxygen atoms in total. The third kappa shape index (κ3) is 3.85. The number of thiazole rings is 1. The van der Waals surface area contributed by atoms with Crippen molar-refractivity contribution < 1.29 is 13.3 Å². The normalized spacial score (nSPS) is 11.4. The third-order valence-electron chi connectivity index (χ3n) is 3.29. The largest absolute Gasteiger partial charge is 0.362 e. The number of sulfone groups is 1. The van der Waals surface area contributed by atoms with E-state index in [1.807, 2.05) is 6.92 Å². The summed E-state index contributed by atoms with van der Waals surface area (Å²) in [5.41, 5.74) is -0.143. The van der Waals surface area contributed by atoms with Crippen LogP contribution in [0.15, 0.2) is 29.3 Å². The van der Waals surface area contributed by atoms with Crippen LogP contribution in [0.4, 0.5) is 11.4 Å². The highest BCUT2D eigenvalue weighted by Gasteiger charge is 2.28. The molecule has 1 heterocycles. The molecule has 23 heavy (non-hydrogen) atoms. The number of anilines is 1.